The minimum absolute atomic E-state index is 0.360. The van der Waals surface area contributed by atoms with E-state index in [1.807, 2.05) is 13.0 Å². The Bertz CT molecular complexity index is 1110. The highest BCUT2D eigenvalue weighted by Crippen LogP contribution is 2.27. The molecule has 2 aromatic heterocycles. The maximum atomic E-state index is 12.7. The van der Waals surface area contributed by atoms with Crippen LogP contribution < -0.4 is 21.5 Å². The van der Waals surface area contributed by atoms with Gasteiger partial charge in [-0.1, -0.05) is 0 Å². The Morgan fingerprint density at radius 3 is 2.37 bits per heavy atom. The van der Waals surface area contributed by atoms with E-state index in [9.17, 15) is 9.59 Å². The summed E-state index contributed by atoms with van der Waals surface area (Å²) >= 11 is 0. The molecule has 0 radical (unpaired) electrons. The van der Waals surface area contributed by atoms with Crippen LogP contribution in [0.4, 0.5) is 17.1 Å². The standard InChI is InChI=1S/C20H25N5O2/c1-6-25(7-2)14-8-9-15(13(3)12-14)22-16-10-11-21-18-17(16)19(26)24(5)20(27)23(18)4/h8-12H,6-7H2,1-5H3,(H,21,22). The lowest BCUT2D eigenvalue weighted by molar-refractivity contribution is 0.708. The van der Waals surface area contributed by atoms with Crippen molar-refractivity contribution in [2.45, 2.75) is 20.8 Å². The zero-order valence-electron chi connectivity index (χ0n) is 16.4. The molecule has 0 saturated carbocycles. The summed E-state index contributed by atoms with van der Waals surface area (Å²) in [6.45, 7) is 8.19. The molecular formula is C20H25N5O2. The van der Waals surface area contributed by atoms with Gasteiger partial charge in [0.2, 0.25) is 0 Å². The minimum atomic E-state index is -0.392. The van der Waals surface area contributed by atoms with E-state index in [4.69, 9.17) is 0 Å². The van der Waals surface area contributed by atoms with E-state index in [1.165, 1.54) is 17.3 Å². The van der Waals surface area contributed by atoms with Crippen LogP contribution in [0.3, 0.4) is 0 Å². The van der Waals surface area contributed by atoms with Crippen molar-refractivity contribution in [3.63, 3.8) is 0 Å². The minimum Gasteiger partial charge on any atom is -0.372 e. The number of nitrogens with zero attached hydrogens (tertiary/aromatic N) is 4. The van der Waals surface area contributed by atoms with Gasteiger partial charge in [0.15, 0.2) is 5.65 Å². The van der Waals surface area contributed by atoms with Crippen LogP contribution in [0.1, 0.15) is 19.4 Å². The first-order valence-electron chi connectivity index (χ1n) is 9.06. The van der Waals surface area contributed by atoms with Crippen LogP contribution in [-0.2, 0) is 14.1 Å². The first-order chi connectivity index (χ1) is 12.9. The summed E-state index contributed by atoms with van der Waals surface area (Å²) in [6, 6.07) is 7.97. The van der Waals surface area contributed by atoms with Crippen LogP contribution in [0.15, 0.2) is 40.1 Å². The van der Waals surface area contributed by atoms with Gasteiger partial charge in [-0.05, 0) is 50.6 Å². The summed E-state index contributed by atoms with van der Waals surface area (Å²) in [5.41, 5.74) is 3.40. The highest BCUT2D eigenvalue weighted by Gasteiger charge is 2.14. The summed E-state index contributed by atoms with van der Waals surface area (Å²) in [7, 11) is 3.09. The summed E-state index contributed by atoms with van der Waals surface area (Å²) in [5, 5.41) is 3.74. The lowest BCUT2D eigenvalue weighted by Gasteiger charge is -2.22. The molecule has 0 bridgehead atoms. The summed E-state index contributed by atoms with van der Waals surface area (Å²) in [4.78, 5) is 31.3. The SMILES string of the molecule is CCN(CC)c1ccc(Nc2ccnc3c2c(=O)n(C)c(=O)n3C)c(C)c1. The number of pyridine rings is 1. The maximum absolute atomic E-state index is 12.7. The number of benzene rings is 1. The molecule has 0 saturated heterocycles. The van der Waals surface area contributed by atoms with Gasteiger partial charge in [0.05, 0.1) is 5.69 Å². The summed E-state index contributed by atoms with van der Waals surface area (Å²) in [5.74, 6) is 0. The van der Waals surface area contributed by atoms with Crippen molar-refractivity contribution in [2.24, 2.45) is 14.1 Å². The molecule has 1 aromatic carbocycles. The lowest BCUT2D eigenvalue weighted by atomic mass is 10.1. The predicted octanol–water partition coefficient (Wildman–Crippen LogP) is 2.53. The van der Waals surface area contributed by atoms with Crippen LogP contribution >= 0.6 is 0 Å². The highest BCUT2D eigenvalue weighted by molar-refractivity contribution is 5.90. The zero-order valence-corrected chi connectivity index (χ0v) is 16.4. The molecular weight excluding hydrogens is 342 g/mol. The molecule has 7 heteroatoms. The van der Waals surface area contributed by atoms with Crippen molar-refractivity contribution in [1.82, 2.24) is 14.1 Å². The van der Waals surface area contributed by atoms with E-state index >= 15 is 0 Å². The molecule has 27 heavy (non-hydrogen) atoms. The van der Waals surface area contributed by atoms with Crippen molar-refractivity contribution >= 4 is 28.1 Å². The van der Waals surface area contributed by atoms with E-state index in [0.29, 0.717) is 16.7 Å². The Morgan fingerprint density at radius 1 is 1.04 bits per heavy atom. The van der Waals surface area contributed by atoms with Crippen LogP contribution in [0.25, 0.3) is 11.0 Å². The topological polar surface area (TPSA) is 72.2 Å². The molecule has 0 aliphatic carbocycles. The van der Waals surface area contributed by atoms with Gasteiger partial charge < -0.3 is 10.2 Å². The molecule has 0 aliphatic rings. The van der Waals surface area contributed by atoms with Gasteiger partial charge in [0, 0.05) is 44.8 Å². The molecule has 0 atom stereocenters. The summed E-state index contributed by atoms with van der Waals surface area (Å²) < 4.78 is 2.49. The Balaban J connectivity index is 2.11. The third-order valence-electron chi connectivity index (χ3n) is 4.95. The number of nitrogens with one attached hydrogen (secondary N) is 1. The van der Waals surface area contributed by atoms with Gasteiger partial charge in [-0.2, -0.15) is 0 Å². The second kappa shape index (κ2) is 7.26. The maximum Gasteiger partial charge on any atom is 0.332 e. The molecule has 7 nitrogen and oxygen atoms in total. The fourth-order valence-electron chi connectivity index (χ4n) is 3.31. The molecule has 3 rings (SSSR count). The van der Waals surface area contributed by atoms with Crippen molar-refractivity contribution in [3.8, 4) is 0 Å². The first-order valence-corrected chi connectivity index (χ1v) is 9.06. The van der Waals surface area contributed by atoms with Crippen LogP contribution in [0.2, 0.25) is 0 Å². The quantitative estimate of drug-likeness (QED) is 0.750. The fourth-order valence-corrected chi connectivity index (χ4v) is 3.31. The lowest BCUT2D eigenvalue weighted by Crippen LogP contribution is -2.37. The Kier molecular flexibility index (Phi) is 5.03. The Labute approximate surface area is 157 Å². The number of aromatic nitrogens is 3. The van der Waals surface area contributed by atoms with E-state index in [-0.39, 0.29) is 5.56 Å². The molecule has 142 valence electrons. The molecule has 3 aromatic rings. The number of fused-ring (bicyclic) bond motifs is 1. The largest absolute Gasteiger partial charge is 0.372 e. The number of rotatable bonds is 5. The first kappa shape index (κ1) is 18.7. The molecule has 0 amide bonds. The van der Waals surface area contributed by atoms with Crippen molar-refractivity contribution in [3.05, 3.63) is 56.9 Å². The molecule has 2 heterocycles. The van der Waals surface area contributed by atoms with Crippen molar-refractivity contribution in [2.75, 3.05) is 23.3 Å². The van der Waals surface area contributed by atoms with E-state index in [0.717, 1.165) is 28.9 Å². The van der Waals surface area contributed by atoms with E-state index in [1.54, 1.807) is 19.3 Å². The van der Waals surface area contributed by atoms with Crippen molar-refractivity contribution < 1.29 is 0 Å². The van der Waals surface area contributed by atoms with Gasteiger partial charge in [-0.25, -0.2) is 9.78 Å². The average Bonchev–Trinajstić information content (AvgIpc) is 2.67. The fraction of sp³-hybridized carbons (Fsp3) is 0.350. The third-order valence-corrected chi connectivity index (χ3v) is 4.95. The normalized spacial score (nSPS) is 11.0. The number of anilines is 3. The highest BCUT2D eigenvalue weighted by atomic mass is 16.2. The molecule has 0 unspecified atom stereocenters. The van der Waals surface area contributed by atoms with Crippen LogP contribution in [0.5, 0.6) is 0 Å². The van der Waals surface area contributed by atoms with Gasteiger partial charge in [-0.3, -0.25) is 13.9 Å². The smallest absolute Gasteiger partial charge is 0.332 e. The average molecular weight is 367 g/mol. The van der Waals surface area contributed by atoms with Crippen molar-refractivity contribution in [1.29, 1.82) is 0 Å². The number of hydrogen-bond acceptors (Lipinski definition) is 5. The van der Waals surface area contributed by atoms with Gasteiger partial charge >= 0.3 is 5.69 Å². The van der Waals surface area contributed by atoms with E-state index < -0.39 is 5.69 Å². The second-order valence-corrected chi connectivity index (χ2v) is 6.56. The van der Waals surface area contributed by atoms with Gasteiger partial charge in [0.1, 0.15) is 5.39 Å². The number of aryl methyl sites for hydroxylation is 2. The third kappa shape index (κ3) is 3.20. The van der Waals surface area contributed by atoms with E-state index in [2.05, 4.69) is 41.2 Å². The Hall–Kier alpha value is -3.09. The molecule has 0 fully saturated rings. The number of hydrogen-bond donors (Lipinski definition) is 1. The van der Waals surface area contributed by atoms with Crippen LogP contribution in [-0.4, -0.2) is 27.2 Å². The second-order valence-electron chi connectivity index (χ2n) is 6.56. The van der Waals surface area contributed by atoms with Crippen LogP contribution in [0, 0.1) is 6.92 Å². The predicted molar refractivity (Wildman–Crippen MR) is 110 cm³/mol. The Morgan fingerprint density at radius 2 is 1.74 bits per heavy atom. The monoisotopic (exact) mass is 367 g/mol. The molecule has 0 spiro atoms. The van der Waals surface area contributed by atoms with Gasteiger partial charge in [0.25, 0.3) is 5.56 Å². The summed E-state index contributed by atoms with van der Waals surface area (Å²) in [6.07, 6.45) is 1.60. The molecule has 1 N–H and O–H groups in total. The zero-order chi connectivity index (χ0) is 19.7. The van der Waals surface area contributed by atoms with Gasteiger partial charge in [-0.15, -0.1) is 0 Å². The molecule has 0 aliphatic heterocycles.